The van der Waals surface area contributed by atoms with Gasteiger partial charge < -0.3 is 15.2 Å². The second kappa shape index (κ2) is 8.87. The number of fused-ring (bicyclic) bond motifs is 3. The van der Waals surface area contributed by atoms with E-state index in [0.29, 0.717) is 24.0 Å². The smallest absolute Gasteiger partial charge is 0.326 e. The lowest BCUT2D eigenvalue weighted by Gasteiger charge is -2.24. The molecule has 182 valence electrons. The molecule has 1 aliphatic carbocycles. The van der Waals surface area contributed by atoms with Crippen molar-refractivity contribution in [1.29, 1.82) is 0 Å². The molecule has 4 atom stereocenters. The maximum absolute atomic E-state index is 13.5. The first-order valence-electron chi connectivity index (χ1n) is 11.9. The molecule has 3 N–H and O–H groups in total. The van der Waals surface area contributed by atoms with E-state index in [9.17, 15) is 18.3 Å². The predicted molar refractivity (Wildman–Crippen MR) is 129 cm³/mol. The highest BCUT2D eigenvalue weighted by Gasteiger charge is 2.74. The molecule has 2 fully saturated rings. The number of carbonyl (C=O) groups is 1. The maximum Gasteiger partial charge on any atom is 0.326 e. The number of para-hydroxylation sites is 2. The Morgan fingerprint density at radius 3 is 2.76 bits per heavy atom. The van der Waals surface area contributed by atoms with Crippen LogP contribution in [0.3, 0.4) is 0 Å². The predicted octanol–water partition coefficient (Wildman–Crippen LogP) is 2.88. The van der Waals surface area contributed by atoms with Gasteiger partial charge in [-0.15, -0.1) is 0 Å². The van der Waals surface area contributed by atoms with Crippen molar-refractivity contribution < 1.29 is 23.1 Å². The van der Waals surface area contributed by atoms with E-state index in [-0.39, 0.29) is 11.5 Å². The summed E-state index contributed by atoms with van der Waals surface area (Å²) in [6.07, 6.45) is 3.51. The van der Waals surface area contributed by atoms with E-state index in [0.717, 1.165) is 25.1 Å². The minimum absolute atomic E-state index is 0.0574. The number of carboxylic acid groups (broad SMARTS) is 1. The maximum atomic E-state index is 13.5. The first kappa shape index (κ1) is 23.1. The van der Waals surface area contributed by atoms with Crippen molar-refractivity contribution in [3.63, 3.8) is 0 Å². The number of likely N-dealkylation sites (tertiary alicyclic amines) is 1. The van der Waals surface area contributed by atoms with Gasteiger partial charge in [0.25, 0.3) is 0 Å². The van der Waals surface area contributed by atoms with Crippen molar-refractivity contribution in [3.8, 4) is 5.75 Å². The molecule has 1 saturated carbocycles. The third-order valence-electron chi connectivity index (χ3n) is 7.56. The van der Waals surface area contributed by atoms with Crippen molar-refractivity contribution in [1.82, 2.24) is 9.62 Å². The second-order valence-corrected chi connectivity index (χ2v) is 11.0. The number of benzene rings is 2. The Kier molecular flexibility index (Phi) is 6.03. The van der Waals surface area contributed by atoms with E-state index in [1.165, 1.54) is 18.9 Å². The molecule has 2 aliphatic heterocycles. The molecule has 2 aromatic rings. The van der Waals surface area contributed by atoms with E-state index < -0.39 is 33.4 Å². The van der Waals surface area contributed by atoms with Crippen LogP contribution in [0.15, 0.2) is 53.4 Å². The fourth-order valence-electron chi connectivity index (χ4n) is 5.78. The van der Waals surface area contributed by atoms with Gasteiger partial charge in [-0.25, -0.2) is 8.42 Å². The topological polar surface area (TPSA) is 108 Å². The van der Waals surface area contributed by atoms with Crippen LogP contribution in [0, 0.1) is 5.92 Å². The molecule has 3 unspecified atom stereocenters. The highest BCUT2D eigenvalue weighted by molar-refractivity contribution is 7.89. The summed E-state index contributed by atoms with van der Waals surface area (Å²) in [6, 6.07) is 14.5. The van der Waals surface area contributed by atoms with Crippen molar-refractivity contribution in [2.75, 3.05) is 31.6 Å². The number of nitrogens with one attached hydrogen (secondary N) is 2. The Bertz CT molecular complexity index is 1190. The first-order valence-corrected chi connectivity index (χ1v) is 13.4. The highest BCUT2D eigenvalue weighted by Crippen LogP contribution is 2.62. The molecule has 0 aromatic heterocycles. The minimum atomic E-state index is -4.12. The fraction of sp³-hybridized carbons (Fsp3) is 0.480. The molecule has 9 heteroatoms. The fourth-order valence-corrected chi connectivity index (χ4v) is 7.39. The zero-order chi connectivity index (χ0) is 23.9. The third kappa shape index (κ3) is 3.85. The van der Waals surface area contributed by atoms with Crippen LogP contribution in [0.4, 0.5) is 5.69 Å². The summed E-state index contributed by atoms with van der Waals surface area (Å²) in [5, 5.41) is 13.4. The number of ether oxygens (including phenoxy) is 1. The van der Waals surface area contributed by atoms with Gasteiger partial charge in [0.05, 0.1) is 12.3 Å². The Balaban J connectivity index is 1.36. The number of aliphatic carboxylic acids is 1. The average molecular weight is 486 g/mol. The van der Waals surface area contributed by atoms with Crippen LogP contribution in [0.25, 0.3) is 0 Å². The number of carboxylic acids is 1. The van der Waals surface area contributed by atoms with E-state index in [2.05, 4.69) is 21.9 Å². The molecule has 2 aromatic carbocycles. The monoisotopic (exact) mass is 485 g/mol. The quantitative estimate of drug-likeness (QED) is 0.501. The van der Waals surface area contributed by atoms with E-state index >= 15 is 0 Å². The van der Waals surface area contributed by atoms with Crippen molar-refractivity contribution in [3.05, 3.63) is 54.1 Å². The summed E-state index contributed by atoms with van der Waals surface area (Å²) in [6.45, 7) is 4.86. The molecule has 0 radical (unpaired) electrons. The summed E-state index contributed by atoms with van der Waals surface area (Å²) in [5.41, 5.74) is -0.419. The third-order valence-corrected chi connectivity index (χ3v) is 9.10. The van der Waals surface area contributed by atoms with Crippen molar-refractivity contribution in [2.45, 2.75) is 48.6 Å². The van der Waals surface area contributed by atoms with Gasteiger partial charge >= 0.3 is 5.97 Å². The zero-order valence-corrected chi connectivity index (χ0v) is 20.1. The summed E-state index contributed by atoms with van der Waals surface area (Å²) >= 11 is 0. The molecular weight excluding hydrogens is 454 g/mol. The van der Waals surface area contributed by atoms with Crippen LogP contribution in [-0.4, -0.2) is 62.2 Å². The number of nitrogens with zero attached hydrogens (tertiary/aromatic N) is 1. The number of hydrogen-bond acceptors (Lipinski definition) is 6. The van der Waals surface area contributed by atoms with Gasteiger partial charge in [-0.05, 0) is 44.0 Å². The van der Waals surface area contributed by atoms with Crippen LogP contribution < -0.4 is 14.8 Å². The van der Waals surface area contributed by atoms with Crippen LogP contribution in [0.1, 0.15) is 37.7 Å². The van der Waals surface area contributed by atoms with Gasteiger partial charge in [0.15, 0.2) is 0 Å². The molecule has 1 saturated heterocycles. The second-order valence-electron chi connectivity index (χ2n) is 9.38. The Hall–Kier alpha value is -2.62. The minimum Gasteiger partial charge on any atom is -0.493 e. The molecule has 0 spiro atoms. The van der Waals surface area contributed by atoms with Crippen LogP contribution in [0.5, 0.6) is 5.75 Å². The summed E-state index contributed by atoms with van der Waals surface area (Å²) in [7, 11) is -4.12. The molecular formula is C25H31N3O5S. The lowest BCUT2D eigenvalue weighted by molar-refractivity contribution is -0.140. The Morgan fingerprint density at radius 2 is 1.97 bits per heavy atom. The lowest BCUT2D eigenvalue weighted by atomic mass is 10.0. The van der Waals surface area contributed by atoms with Gasteiger partial charge in [0, 0.05) is 36.5 Å². The van der Waals surface area contributed by atoms with Gasteiger partial charge in [-0.1, -0.05) is 37.3 Å². The highest BCUT2D eigenvalue weighted by atomic mass is 32.2. The number of anilines is 1. The molecule has 2 heterocycles. The van der Waals surface area contributed by atoms with Gasteiger partial charge in [0.2, 0.25) is 10.0 Å². The Labute approximate surface area is 200 Å². The largest absolute Gasteiger partial charge is 0.493 e. The van der Waals surface area contributed by atoms with Gasteiger partial charge in [-0.2, -0.15) is 4.72 Å². The standard InChI is InChI=1S/C25H31N3O5S/c1-2-17-8-7-14-28(17)15-13-26-20-10-4-6-12-22(20)34(31,32)27-25(24(29)30)19-16-33-21-11-5-3-9-18(21)23(19)25/h3-6,9-12,17,19,23,26-27H,2,7-8,13-16H2,1H3,(H,29,30)/t17-,19?,23?,25?/m0/s1. The molecule has 3 aliphatic rings. The van der Waals surface area contributed by atoms with Crippen molar-refractivity contribution in [2.24, 2.45) is 5.92 Å². The summed E-state index contributed by atoms with van der Waals surface area (Å²) < 4.78 is 35.3. The van der Waals surface area contributed by atoms with Crippen LogP contribution >= 0.6 is 0 Å². The number of hydrogen-bond donors (Lipinski definition) is 3. The SMILES string of the molecule is CC[C@H]1CCCN1CCNc1ccccc1S(=O)(=O)NC1(C(=O)O)C2COc3ccccc3C21. The Morgan fingerprint density at radius 1 is 1.21 bits per heavy atom. The molecule has 0 bridgehead atoms. The van der Waals surface area contributed by atoms with Crippen LogP contribution in [0.2, 0.25) is 0 Å². The van der Waals surface area contributed by atoms with E-state index in [1.54, 1.807) is 24.3 Å². The van der Waals surface area contributed by atoms with Crippen LogP contribution in [-0.2, 0) is 14.8 Å². The van der Waals surface area contributed by atoms with E-state index in [1.807, 2.05) is 18.2 Å². The molecule has 0 amide bonds. The lowest BCUT2D eigenvalue weighted by Crippen LogP contribution is -2.46. The zero-order valence-electron chi connectivity index (χ0n) is 19.2. The summed E-state index contributed by atoms with van der Waals surface area (Å²) in [4.78, 5) is 14.9. The van der Waals surface area contributed by atoms with Gasteiger partial charge in [0.1, 0.15) is 16.2 Å². The number of sulfonamides is 1. The van der Waals surface area contributed by atoms with E-state index in [4.69, 9.17) is 4.74 Å². The molecule has 34 heavy (non-hydrogen) atoms. The molecule has 8 nitrogen and oxygen atoms in total. The molecule has 5 rings (SSSR count). The summed E-state index contributed by atoms with van der Waals surface area (Å²) in [5.74, 6) is -1.50. The number of rotatable bonds is 9. The first-order chi connectivity index (χ1) is 16.4. The normalized spacial score (nSPS) is 28.0. The average Bonchev–Trinajstić information content (AvgIpc) is 3.26. The van der Waals surface area contributed by atoms with Crippen molar-refractivity contribution >= 4 is 21.7 Å². The van der Waals surface area contributed by atoms with Gasteiger partial charge in [-0.3, -0.25) is 9.69 Å².